The Labute approximate surface area is 333 Å². The van der Waals surface area contributed by atoms with Crippen LogP contribution in [0.4, 0.5) is 40.1 Å². The number of nitrogens with one attached hydrogen (secondary N) is 7. The molecular weight excluding hydrogens is 721 g/mol. The molecule has 2 aliphatic carbocycles. The summed E-state index contributed by atoms with van der Waals surface area (Å²) in [5.41, 5.74) is 15.4. The van der Waals surface area contributed by atoms with Gasteiger partial charge >= 0.3 is 0 Å². The molecule has 4 aromatic rings. The summed E-state index contributed by atoms with van der Waals surface area (Å²) in [7, 11) is 0. The molecule has 3 aliphatic heterocycles. The number of ether oxygens (including phenoxy) is 1. The first kappa shape index (κ1) is 37.3. The van der Waals surface area contributed by atoms with Crippen LogP contribution in [0.1, 0.15) is 83.2 Å². The van der Waals surface area contributed by atoms with Crippen LogP contribution in [0, 0.1) is 0 Å². The van der Waals surface area contributed by atoms with Crippen LogP contribution in [0.2, 0.25) is 0 Å². The highest BCUT2D eigenvalue weighted by atomic mass is 16.5. The molecule has 9 rings (SSSR count). The lowest BCUT2D eigenvalue weighted by Gasteiger charge is -2.40. The SMILES string of the molecule is NC1CCCCC1Nc1cc2c(c(Nc3ccc(N4CCOC(NC5CCCCC5Nc5cc6c(c(Nc7ncco7)c5)C(=O)NCC6)C4)cc3)c1)C(=O)NCC2. The van der Waals surface area contributed by atoms with Crippen LogP contribution in [0.15, 0.2) is 65.4 Å². The van der Waals surface area contributed by atoms with E-state index in [4.69, 9.17) is 14.9 Å². The second-order valence-corrected chi connectivity index (χ2v) is 16.1. The number of aromatic nitrogens is 1. The standard InChI is InChI=1S/C43H54N10O4/c44-32-5-1-2-6-33(32)49-29-21-26-13-15-45-41(54)39(26)36(23-29)48-28-9-11-31(12-10-28)53-18-20-56-38(25-53)51-35-8-4-3-7-34(35)50-30-22-27-14-16-46-42(55)40(27)37(24-30)52-43-47-17-19-57-43/h9-12,17,19,21-24,32-35,38,48-51H,1-8,13-16,18,20,25,44H2,(H,45,54)(H,46,55)(H,47,52). The number of amides is 2. The summed E-state index contributed by atoms with van der Waals surface area (Å²) in [6.07, 6.45) is 13.3. The van der Waals surface area contributed by atoms with Crippen molar-refractivity contribution in [2.24, 2.45) is 5.73 Å². The third-order valence-corrected chi connectivity index (χ3v) is 12.2. The summed E-state index contributed by atoms with van der Waals surface area (Å²) in [6, 6.07) is 17.9. The molecule has 14 heteroatoms. The fourth-order valence-corrected chi connectivity index (χ4v) is 9.30. The van der Waals surface area contributed by atoms with E-state index in [0.717, 1.165) is 104 Å². The highest BCUT2D eigenvalue weighted by molar-refractivity contribution is 6.04. The zero-order valence-electron chi connectivity index (χ0n) is 32.4. The Balaban J connectivity index is 0.862. The molecule has 0 spiro atoms. The summed E-state index contributed by atoms with van der Waals surface area (Å²) < 4.78 is 11.8. The number of carbonyl (C=O) groups is 2. The van der Waals surface area contributed by atoms with Gasteiger partial charge in [-0.1, -0.05) is 25.7 Å². The molecule has 2 amide bonds. The Kier molecular flexibility index (Phi) is 10.9. The average molecular weight is 775 g/mol. The number of rotatable bonds is 11. The van der Waals surface area contributed by atoms with Crippen LogP contribution < -0.4 is 47.9 Å². The minimum Gasteiger partial charge on any atom is -0.432 e. The first-order valence-electron chi connectivity index (χ1n) is 20.8. The lowest BCUT2D eigenvalue weighted by molar-refractivity contribution is 0.00610. The minimum absolute atomic E-state index is 0.0420. The largest absolute Gasteiger partial charge is 0.432 e. The van der Waals surface area contributed by atoms with Gasteiger partial charge in [-0.2, -0.15) is 0 Å². The minimum atomic E-state index is -0.129. The van der Waals surface area contributed by atoms with Gasteiger partial charge in [-0.3, -0.25) is 14.9 Å². The summed E-state index contributed by atoms with van der Waals surface area (Å²) in [4.78, 5) is 32.6. The zero-order valence-corrected chi connectivity index (χ0v) is 32.4. The van der Waals surface area contributed by atoms with Crippen molar-refractivity contribution in [3.8, 4) is 0 Å². The Morgan fingerprint density at radius 2 is 1.37 bits per heavy atom. The number of oxazole rings is 1. The van der Waals surface area contributed by atoms with E-state index in [1.54, 1.807) is 6.20 Å². The van der Waals surface area contributed by atoms with Gasteiger partial charge in [-0.15, -0.1) is 0 Å². The lowest BCUT2D eigenvalue weighted by Crippen LogP contribution is -2.56. The fraction of sp³-hybridized carbons (Fsp3) is 0.465. The summed E-state index contributed by atoms with van der Waals surface area (Å²) in [6.45, 7) is 3.39. The van der Waals surface area contributed by atoms with Crippen LogP contribution in [-0.4, -0.2) is 80.0 Å². The molecule has 4 heterocycles. The Morgan fingerprint density at radius 1 is 0.737 bits per heavy atom. The lowest BCUT2D eigenvalue weighted by atomic mass is 9.89. The van der Waals surface area contributed by atoms with Crippen LogP contribution in [-0.2, 0) is 17.6 Å². The predicted octanol–water partition coefficient (Wildman–Crippen LogP) is 5.59. The molecular formula is C43H54N10O4. The molecule has 3 aromatic carbocycles. The van der Waals surface area contributed by atoms with Crippen LogP contribution >= 0.6 is 0 Å². The molecule has 1 saturated heterocycles. The molecule has 0 bridgehead atoms. The number of fused-ring (bicyclic) bond motifs is 2. The molecule has 9 N–H and O–H groups in total. The molecule has 1 aromatic heterocycles. The van der Waals surface area contributed by atoms with E-state index in [1.807, 2.05) is 6.07 Å². The highest BCUT2D eigenvalue weighted by Crippen LogP contribution is 2.34. The highest BCUT2D eigenvalue weighted by Gasteiger charge is 2.31. The van der Waals surface area contributed by atoms with Gasteiger partial charge < -0.3 is 51.7 Å². The molecule has 5 unspecified atom stereocenters. The Hall–Kier alpha value is -5.31. The van der Waals surface area contributed by atoms with Crippen molar-refractivity contribution < 1.29 is 18.7 Å². The quantitative estimate of drug-likeness (QED) is 0.0948. The van der Waals surface area contributed by atoms with Crippen molar-refractivity contribution in [3.63, 3.8) is 0 Å². The summed E-state index contributed by atoms with van der Waals surface area (Å²) in [5, 5.41) is 24.2. The second kappa shape index (κ2) is 16.7. The number of nitrogens with zero attached hydrogens (tertiary/aromatic N) is 2. The van der Waals surface area contributed by atoms with Gasteiger partial charge in [0.2, 0.25) is 0 Å². The van der Waals surface area contributed by atoms with Gasteiger partial charge in [0.05, 0.1) is 41.9 Å². The third kappa shape index (κ3) is 8.39. The van der Waals surface area contributed by atoms with E-state index in [9.17, 15) is 9.59 Å². The average Bonchev–Trinajstić information content (AvgIpc) is 3.73. The van der Waals surface area contributed by atoms with Gasteiger partial charge in [0.15, 0.2) is 0 Å². The molecule has 57 heavy (non-hydrogen) atoms. The number of benzene rings is 3. The van der Waals surface area contributed by atoms with E-state index < -0.39 is 0 Å². The molecule has 5 aliphatic rings. The molecule has 2 saturated carbocycles. The van der Waals surface area contributed by atoms with Gasteiger partial charge in [-0.05, 0) is 98.2 Å². The van der Waals surface area contributed by atoms with Crippen molar-refractivity contribution in [1.29, 1.82) is 0 Å². The number of hydrogen-bond acceptors (Lipinski definition) is 12. The normalized spacial score (nSPS) is 24.7. The number of hydrogen-bond donors (Lipinski definition) is 8. The fourth-order valence-electron chi connectivity index (χ4n) is 9.30. The maximum Gasteiger partial charge on any atom is 0.299 e. The van der Waals surface area contributed by atoms with Crippen molar-refractivity contribution in [2.45, 2.75) is 94.6 Å². The Bertz CT molecular complexity index is 2060. The van der Waals surface area contributed by atoms with Gasteiger partial charge in [0.25, 0.3) is 17.8 Å². The number of nitrogens with two attached hydrogens (primary N) is 1. The summed E-state index contributed by atoms with van der Waals surface area (Å²) >= 11 is 0. The maximum atomic E-state index is 13.1. The van der Waals surface area contributed by atoms with Crippen molar-refractivity contribution in [2.75, 3.05) is 59.0 Å². The van der Waals surface area contributed by atoms with Gasteiger partial charge in [0.1, 0.15) is 12.5 Å². The summed E-state index contributed by atoms with van der Waals surface area (Å²) in [5.74, 6) is -0.135. The number of morpholine rings is 1. The van der Waals surface area contributed by atoms with Gasteiger partial charge in [-0.25, -0.2) is 4.98 Å². The van der Waals surface area contributed by atoms with Gasteiger partial charge in [0, 0.05) is 66.6 Å². The number of carbonyl (C=O) groups excluding carboxylic acids is 2. The van der Waals surface area contributed by atoms with Crippen molar-refractivity contribution in [1.82, 2.24) is 20.9 Å². The second-order valence-electron chi connectivity index (χ2n) is 16.1. The van der Waals surface area contributed by atoms with E-state index >= 15 is 0 Å². The van der Waals surface area contributed by atoms with Crippen LogP contribution in [0.25, 0.3) is 0 Å². The molecule has 14 nitrogen and oxygen atoms in total. The Morgan fingerprint density at radius 3 is 2.04 bits per heavy atom. The van der Waals surface area contributed by atoms with Crippen molar-refractivity contribution in [3.05, 3.63) is 83.2 Å². The monoisotopic (exact) mass is 774 g/mol. The van der Waals surface area contributed by atoms with E-state index in [1.165, 1.54) is 19.1 Å². The molecule has 300 valence electrons. The molecule has 0 radical (unpaired) electrons. The molecule has 3 fully saturated rings. The van der Waals surface area contributed by atoms with E-state index in [0.29, 0.717) is 42.5 Å². The van der Waals surface area contributed by atoms with E-state index in [2.05, 4.69) is 89.6 Å². The zero-order chi connectivity index (χ0) is 38.7. The first-order chi connectivity index (χ1) is 27.9. The predicted molar refractivity (Wildman–Crippen MR) is 223 cm³/mol. The maximum absolute atomic E-state index is 13.1. The molecule has 5 atom stereocenters. The van der Waals surface area contributed by atoms with Crippen molar-refractivity contribution >= 4 is 52.0 Å². The van der Waals surface area contributed by atoms with Crippen LogP contribution in [0.3, 0.4) is 0 Å². The van der Waals surface area contributed by atoms with Crippen LogP contribution in [0.5, 0.6) is 0 Å². The number of anilines is 7. The van der Waals surface area contributed by atoms with E-state index in [-0.39, 0.29) is 42.2 Å². The smallest absolute Gasteiger partial charge is 0.299 e. The topological polar surface area (TPSA) is 183 Å². The first-order valence-corrected chi connectivity index (χ1v) is 20.8. The third-order valence-electron chi connectivity index (χ3n) is 12.2.